The van der Waals surface area contributed by atoms with E-state index < -0.39 is 11.6 Å². The largest absolute Gasteiger partial charge is 0.507 e. The van der Waals surface area contributed by atoms with E-state index in [9.17, 15) is 9.50 Å². The Labute approximate surface area is 87.5 Å². The minimum atomic E-state index is -2.22. The molecule has 0 saturated heterocycles. The third-order valence-corrected chi connectivity index (χ3v) is 2.46. The van der Waals surface area contributed by atoms with Gasteiger partial charge in [-0.2, -0.15) is 0 Å². The second-order valence-corrected chi connectivity index (χ2v) is 3.62. The molecule has 15 heavy (non-hydrogen) atoms. The summed E-state index contributed by atoms with van der Waals surface area (Å²) in [6, 6.07) is 9.53. The number of alkyl halides is 1. The second kappa shape index (κ2) is 3.51. The average molecular weight is 205 g/mol. The number of hydrogen-bond acceptors (Lipinski definition) is 2. The number of aliphatic hydroxyl groups is 1. The monoisotopic (exact) mass is 205 g/mol. The van der Waals surface area contributed by atoms with Gasteiger partial charge in [-0.05, 0) is 17.7 Å². The van der Waals surface area contributed by atoms with Gasteiger partial charge in [-0.25, -0.2) is 4.39 Å². The van der Waals surface area contributed by atoms with Gasteiger partial charge in [-0.3, -0.25) is 5.73 Å². The van der Waals surface area contributed by atoms with Crippen LogP contribution in [0, 0.1) is 0 Å². The van der Waals surface area contributed by atoms with Gasteiger partial charge in [0.15, 0.2) is 0 Å². The molecular formula is C12H12FNO. The molecule has 0 aromatic heterocycles. The van der Waals surface area contributed by atoms with Gasteiger partial charge in [0.2, 0.25) is 5.79 Å². The molecule has 3 N–H and O–H groups in total. The van der Waals surface area contributed by atoms with Crippen molar-refractivity contribution in [2.45, 2.75) is 11.7 Å². The molecule has 0 aliphatic heterocycles. The number of benzene rings is 1. The van der Waals surface area contributed by atoms with Gasteiger partial charge in [0.05, 0.1) is 0 Å². The highest BCUT2D eigenvalue weighted by Crippen LogP contribution is 2.29. The normalized spacial score (nSPS) is 30.0. The lowest BCUT2D eigenvalue weighted by molar-refractivity contribution is 0.190. The predicted octanol–water partition coefficient (Wildman–Crippen LogP) is 2.41. The molecule has 0 heterocycles. The first kappa shape index (κ1) is 9.93. The number of rotatable bonds is 1. The highest BCUT2D eigenvalue weighted by atomic mass is 19.1. The Morgan fingerprint density at radius 2 is 1.93 bits per heavy atom. The van der Waals surface area contributed by atoms with E-state index in [0.29, 0.717) is 0 Å². The lowest BCUT2D eigenvalue weighted by Crippen LogP contribution is -2.36. The first-order valence-corrected chi connectivity index (χ1v) is 4.73. The molecule has 0 bridgehead atoms. The third-order valence-electron chi connectivity index (χ3n) is 2.46. The van der Waals surface area contributed by atoms with Crippen molar-refractivity contribution >= 4 is 0 Å². The minimum absolute atomic E-state index is 0.112. The molecule has 1 aliphatic rings. The quantitative estimate of drug-likeness (QED) is 0.546. The molecule has 0 fully saturated rings. The summed E-state index contributed by atoms with van der Waals surface area (Å²) < 4.78 is 13.3. The Hall–Kier alpha value is -1.61. The smallest absolute Gasteiger partial charge is 0.234 e. The summed E-state index contributed by atoms with van der Waals surface area (Å²) in [4.78, 5) is 0. The van der Waals surface area contributed by atoms with Crippen molar-refractivity contribution in [2.24, 2.45) is 5.73 Å². The Kier molecular flexibility index (Phi) is 2.32. The van der Waals surface area contributed by atoms with Crippen LogP contribution in [-0.4, -0.2) is 10.9 Å². The first-order valence-electron chi connectivity index (χ1n) is 4.73. The van der Waals surface area contributed by atoms with E-state index in [1.54, 1.807) is 6.08 Å². The van der Waals surface area contributed by atoms with Crippen LogP contribution in [0.2, 0.25) is 0 Å². The van der Waals surface area contributed by atoms with Crippen molar-refractivity contribution in [1.29, 1.82) is 0 Å². The fraction of sp³-hybridized carbons (Fsp3) is 0.167. The molecule has 2 rings (SSSR count). The predicted molar refractivity (Wildman–Crippen MR) is 57.1 cm³/mol. The fourth-order valence-corrected chi connectivity index (χ4v) is 1.57. The lowest BCUT2D eigenvalue weighted by Gasteiger charge is -2.22. The van der Waals surface area contributed by atoms with Crippen LogP contribution in [0.15, 0.2) is 54.3 Å². The van der Waals surface area contributed by atoms with Gasteiger partial charge >= 0.3 is 0 Å². The maximum Gasteiger partial charge on any atom is 0.234 e. The highest BCUT2D eigenvalue weighted by Gasteiger charge is 2.30. The maximum atomic E-state index is 13.3. The van der Waals surface area contributed by atoms with Gasteiger partial charge in [-0.1, -0.05) is 36.4 Å². The standard InChI is InChI=1S/C12H12FNO/c13-12(14)7-6-10(8-11(12)15)9-4-2-1-3-5-9/h1-8,10,15H,14H2. The van der Waals surface area contributed by atoms with Crippen molar-refractivity contribution < 1.29 is 9.50 Å². The van der Waals surface area contributed by atoms with Crippen LogP contribution < -0.4 is 5.73 Å². The number of halogens is 1. The van der Waals surface area contributed by atoms with Crippen LogP contribution in [0.3, 0.4) is 0 Å². The van der Waals surface area contributed by atoms with E-state index in [1.807, 2.05) is 30.3 Å². The van der Waals surface area contributed by atoms with Gasteiger partial charge in [0.25, 0.3) is 0 Å². The third kappa shape index (κ3) is 1.92. The van der Waals surface area contributed by atoms with Crippen LogP contribution >= 0.6 is 0 Å². The molecular weight excluding hydrogens is 193 g/mol. The van der Waals surface area contributed by atoms with Crippen molar-refractivity contribution in [3.63, 3.8) is 0 Å². The molecule has 0 amide bonds. The van der Waals surface area contributed by atoms with Crippen LogP contribution in [0.1, 0.15) is 11.5 Å². The lowest BCUT2D eigenvalue weighted by atomic mass is 9.92. The van der Waals surface area contributed by atoms with Crippen molar-refractivity contribution in [3.05, 3.63) is 59.9 Å². The molecule has 0 radical (unpaired) electrons. The summed E-state index contributed by atoms with van der Waals surface area (Å²) in [5.74, 6) is -2.76. The topological polar surface area (TPSA) is 46.2 Å². The van der Waals surface area contributed by atoms with E-state index in [0.717, 1.165) is 5.56 Å². The first-order chi connectivity index (χ1) is 7.09. The molecule has 3 heteroatoms. The van der Waals surface area contributed by atoms with E-state index in [2.05, 4.69) is 0 Å². The summed E-state index contributed by atoms with van der Waals surface area (Å²) >= 11 is 0. The Morgan fingerprint density at radius 3 is 2.53 bits per heavy atom. The van der Waals surface area contributed by atoms with Gasteiger partial charge in [-0.15, -0.1) is 0 Å². The zero-order valence-corrected chi connectivity index (χ0v) is 8.10. The zero-order valence-electron chi connectivity index (χ0n) is 8.10. The fourth-order valence-electron chi connectivity index (χ4n) is 1.57. The summed E-state index contributed by atoms with van der Waals surface area (Å²) in [6.07, 6.45) is 4.25. The van der Waals surface area contributed by atoms with Gasteiger partial charge in [0.1, 0.15) is 5.76 Å². The van der Waals surface area contributed by atoms with Crippen molar-refractivity contribution in [3.8, 4) is 0 Å². The van der Waals surface area contributed by atoms with Crippen LogP contribution in [0.4, 0.5) is 4.39 Å². The van der Waals surface area contributed by atoms with E-state index in [1.165, 1.54) is 12.2 Å². The van der Waals surface area contributed by atoms with Crippen molar-refractivity contribution in [1.82, 2.24) is 0 Å². The Bertz CT molecular complexity index is 409. The van der Waals surface area contributed by atoms with Gasteiger partial charge < -0.3 is 5.11 Å². The summed E-state index contributed by atoms with van der Waals surface area (Å²) in [7, 11) is 0. The maximum absolute atomic E-state index is 13.3. The molecule has 0 spiro atoms. The summed E-state index contributed by atoms with van der Waals surface area (Å²) in [5, 5.41) is 9.38. The van der Waals surface area contributed by atoms with Crippen LogP contribution in [0.5, 0.6) is 0 Å². The highest BCUT2D eigenvalue weighted by molar-refractivity contribution is 5.36. The van der Waals surface area contributed by atoms with Crippen LogP contribution in [-0.2, 0) is 0 Å². The molecule has 0 saturated carbocycles. The molecule has 1 aromatic rings. The minimum Gasteiger partial charge on any atom is -0.507 e. The molecule has 2 nitrogen and oxygen atoms in total. The number of allylic oxidation sites excluding steroid dienone is 2. The van der Waals surface area contributed by atoms with Crippen molar-refractivity contribution in [2.75, 3.05) is 0 Å². The van der Waals surface area contributed by atoms with Crippen LogP contribution in [0.25, 0.3) is 0 Å². The van der Waals surface area contributed by atoms with E-state index in [4.69, 9.17) is 5.73 Å². The average Bonchev–Trinajstić information content (AvgIpc) is 2.23. The van der Waals surface area contributed by atoms with E-state index >= 15 is 0 Å². The molecule has 2 unspecified atom stereocenters. The Balaban J connectivity index is 2.30. The second-order valence-electron chi connectivity index (χ2n) is 3.62. The molecule has 2 atom stereocenters. The molecule has 78 valence electrons. The Morgan fingerprint density at radius 1 is 1.27 bits per heavy atom. The summed E-state index contributed by atoms with van der Waals surface area (Å²) in [5.41, 5.74) is 6.19. The molecule has 1 aromatic carbocycles. The van der Waals surface area contributed by atoms with E-state index in [-0.39, 0.29) is 5.92 Å². The summed E-state index contributed by atoms with van der Waals surface area (Å²) in [6.45, 7) is 0. The van der Waals surface area contributed by atoms with Gasteiger partial charge in [0, 0.05) is 5.92 Å². The SMILES string of the molecule is NC1(F)C=CC(c2ccccc2)C=C1O. The number of hydrogen-bond donors (Lipinski definition) is 2. The number of nitrogens with two attached hydrogens (primary N) is 1. The number of aliphatic hydroxyl groups excluding tert-OH is 1. The zero-order chi connectivity index (χ0) is 10.9. The molecule has 1 aliphatic carbocycles.